The molecule has 2 atom stereocenters. The number of rotatable bonds is 3. The maximum Gasteiger partial charge on any atom is 0.410 e. The first-order chi connectivity index (χ1) is 12.3. The number of amides is 1. The predicted molar refractivity (Wildman–Crippen MR) is 96.1 cm³/mol. The lowest BCUT2D eigenvalue weighted by molar-refractivity contribution is 0.0145. The molecule has 0 unspecified atom stereocenters. The molecule has 7 nitrogen and oxygen atoms in total. The molecule has 1 aromatic rings. The Balaban J connectivity index is 2.25. The van der Waals surface area contributed by atoms with Crippen LogP contribution in [0.15, 0.2) is 9.21 Å². The summed E-state index contributed by atoms with van der Waals surface area (Å²) in [5.74, 6) is 0. The highest BCUT2D eigenvalue weighted by Crippen LogP contribution is 2.38. The zero-order valence-electron chi connectivity index (χ0n) is 16.5. The van der Waals surface area contributed by atoms with E-state index in [-0.39, 0.29) is 19.2 Å². The van der Waals surface area contributed by atoms with Crippen molar-refractivity contribution in [2.24, 2.45) is 0 Å². The predicted octanol–water partition coefficient (Wildman–Crippen LogP) is 4.16. The molecule has 9 heteroatoms. The molecule has 0 radical (unpaired) electrons. The third-order valence-electron chi connectivity index (χ3n) is 3.54. The van der Waals surface area contributed by atoms with Gasteiger partial charge in [-0.15, -0.1) is 0 Å². The number of hydrogen-bond donors (Lipinski definition) is 0. The van der Waals surface area contributed by atoms with E-state index in [2.05, 4.69) is 41.8 Å². The Labute approximate surface area is 162 Å². The van der Waals surface area contributed by atoms with E-state index in [1.54, 1.807) is 25.5 Å². The van der Waals surface area contributed by atoms with E-state index in [4.69, 9.17) is 20.2 Å². The highest BCUT2D eigenvalue weighted by atomic mass is 79.9. The molecule has 0 saturated carbocycles. The van der Waals surface area contributed by atoms with Crippen LogP contribution < -0.4 is 0 Å². The third-order valence-corrected chi connectivity index (χ3v) is 4.81. The molecular weight excluding hydrogens is 444 g/mol. The smallest absolute Gasteiger partial charge is 0.410 e. The lowest BCUT2D eigenvalue weighted by Gasteiger charge is -2.28. The summed E-state index contributed by atoms with van der Waals surface area (Å²) >= 11 is 6.62. The molecule has 0 aromatic carbocycles. The first kappa shape index (κ1) is 15.2. The van der Waals surface area contributed by atoms with Crippen molar-refractivity contribution in [1.82, 2.24) is 14.7 Å². The Bertz CT molecular complexity index is 755. The van der Waals surface area contributed by atoms with Crippen molar-refractivity contribution in [2.45, 2.75) is 44.9 Å². The van der Waals surface area contributed by atoms with Gasteiger partial charge < -0.3 is 14.4 Å². The highest BCUT2D eigenvalue weighted by molar-refractivity contribution is 9.11. The molecule has 132 valence electrons. The van der Waals surface area contributed by atoms with Crippen molar-refractivity contribution in [3.63, 3.8) is 0 Å². The molecule has 1 aliphatic heterocycles. The summed E-state index contributed by atoms with van der Waals surface area (Å²) in [7, 11) is -2.55. The second-order valence-corrected chi connectivity index (χ2v) is 7.98. The lowest BCUT2D eigenvalue weighted by Crippen LogP contribution is -2.41. The van der Waals surface area contributed by atoms with Gasteiger partial charge in [-0.2, -0.15) is 5.10 Å². The van der Waals surface area contributed by atoms with Gasteiger partial charge in [0.25, 0.3) is 5.69 Å². The summed E-state index contributed by atoms with van der Waals surface area (Å²) in [5.41, 5.74) is -0.349. The van der Waals surface area contributed by atoms with Crippen LogP contribution in [-0.4, -0.2) is 52.6 Å². The van der Waals surface area contributed by atoms with Crippen molar-refractivity contribution in [1.29, 1.82) is 0 Å². The molecule has 1 aliphatic rings. The Hall–Kier alpha value is -1.11. The molecule has 24 heavy (non-hydrogen) atoms. The first-order valence-corrected chi connectivity index (χ1v) is 8.85. The molecule has 1 saturated heterocycles. The van der Waals surface area contributed by atoms with Gasteiger partial charge in [0.2, 0.25) is 0 Å². The highest BCUT2D eigenvalue weighted by Gasteiger charge is 2.39. The number of aromatic nitrogens is 2. The van der Waals surface area contributed by atoms with Crippen LogP contribution in [0.3, 0.4) is 0 Å². The Morgan fingerprint density at radius 1 is 1.54 bits per heavy atom. The van der Waals surface area contributed by atoms with Gasteiger partial charge in [-0.1, -0.05) is 0 Å². The number of hydrogen-bond acceptors (Lipinski definition) is 4. The fourth-order valence-corrected chi connectivity index (χ4v) is 3.94. The maximum atomic E-state index is 12.6. The van der Waals surface area contributed by atoms with Crippen molar-refractivity contribution in [2.75, 3.05) is 20.2 Å². The molecular formula is C15H20Br2N4O3. The summed E-state index contributed by atoms with van der Waals surface area (Å²) in [6, 6.07) is -0.750. The molecule has 0 spiro atoms. The van der Waals surface area contributed by atoms with Crippen molar-refractivity contribution >= 4 is 43.6 Å². The minimum Gasteiger partial charge on any atom is -0.444 e. The Morgan fingerprint density at radius 3 is 2.79 bits per heavy atom. The van der Waals surface area contributed by atoms with Crippen molar-refractivity contribution in [3.05, 3.63) is 20.6 Å². The third kappa shape index (κ3) is 4.10. The van der Waals surface area contributed by atoms with E-state index < -0.39 is 24.8 Å². The van der Waals surface area contributed by atoms with E-state index >= 15 is 0 Å². The van der Waals surface area contributed by atoms with Crippen LogP contribution >= 0.6 is 31.9 Å². The van der Waals surface area contributed by atoms with Crippen molar-refractivity contribution < 1.29 is 18.4 Å². The molecule has 0 bridgehead atoms. The number of carbonyl (C=O) groups excluding carboxylic acids is 1. The normalized spacial score (nSPS) is 23.3. The van der Waals surface area contributed by atoms with Crippen LogP contribution in [0.2, 0.25) is 0 Å². The molecule has 2 rings (SSSR count). The van der Waals surface area contributed by atoms with E-state index in [1.165, 1.54) is 4.90 Å². The van der Waals surface area contributed by atoms with Crippen LogP contribution in [0, 0.1) is 6.57 Å². The Morgan fingerprint density at radius 2 is 2.25 bits per heavy atom. The molecule has 1 aromatic heterocycles. The molecule has 2 heterocycles. The van der Waals surface area contributed by atoms with Gasteiger partial charge >= 0.3 is 6.09 Å². The van der Waals surface area contributed by atoms with Gasteiger partial charge in [-0.3, -0.25) is 4.68 Å². The van der Waals surface area contributed by atoms with Crippen LogP contribution in [0.25, 0.3) is 4.85 Å². The topological polar surface area (TPSA) is 61.0 Å². The van der Waals surface area contributed by atoms with Crippen LogP contribution in [0.1, 0.15) is 37.3 Å². The molecule has 0 aliphatic carbocycles. The minimum absolute atomic E-state index is 0.151. The number of halogens is 2. The van der Waals surface area contributed by atoms with Gasteiger partial charge in [0.1, 0.15) is 14.8 Å². The fraction of sp³-hybridized carbons (Fsp3) is 0.667. The Kier molecular flexibility index (Phi) is 4.69. The lowest BCUT2D eigenvalue weighted by atomic mass is 10.2. The average Bonchev–Trinajstić information content (AvgIpc) is 3.04. The van der Waals surface area contributed by atoms with Crippen LogP contribution in [-0.2, 0) is 9.47 Å². The van der Waals surface area contributed by atoms with E-state index in [0.29, 0.717) is 21.3 Å². The van der Waals surface area contributed by atoms with Gasteiger partial charge in [-0.25, -0.2) is 9.64 Å². The van der Waals surface area contributed by atoms with Crippen LogP contribution in [0.4, 0.5) is 10.5 Å². The number of methoxy groups -OCH3 is 1. The average molecular weight is 467 g/mol. The molecule has 1 amide bonds. The van der Waals surface area contributed by atoms with E-state index in [9.17, 15) is 4.79 Å². The monoisotopic (exact) mass is 465 g/mol. The fourth-order valence-electron chi connectivity index (χ4n) is 2.58. The summed E-state index contributed by atoms with van der Waals surface area (Å²) in [6.45, 7) is 12.6. The number of nitrogens with zero attached hydrogens (tertiary/aromatic N) is 4. The summed E-state index contributed by atoms with van der Waals surface area (Å²) in [6.07, 6.45) is -0.128. The summed E-state index contributed by atoms with van der Waals surface area (Å²) in [4.78, 5) is 17.5. The number of likely N-dealkylation sites (tertiary alicyclic amines) is 1. The number of carbonyl (C=O) groups is 1. The zero-order chi connectivity index (χ0) is 20.6. The summed E-state index contributed by atoms with van der Waals surface area (Å²) in [5, 5.41) is 4.32. The second-order valence-electron chi connectivity index (χ2n) is 6.47. The molecule has 1 fully saturated rings. The van der Waals surface area contributed by atoms with Gasteiger partial charge in [-0.05, 0) is 59.1 Å². The summed E-state index contributed by atoms with van der Waals surface area (Å²) < 4.78 is 34.6. The van der Waals surface area contributed by atoms with Crippen LogP contribution in [0.5, 0.6) is 0 Å². The standard InChI is InChI=1S/C15H20Br2N4O3/c1-15(2,3)24-14(22)20-7-9(6-10(20)8-23-5)21-13(17)11(18-4)12(16)19-21/h9-10H,6-8H2,1-3,5H3/t9-,10+/m0/s1/i5D3. The van der Waals surface area contributed by atoms with Gasteiger partial charge in [0.05, 0.1) is 29.4 Å². The van der Waals surface area contributed by atoms with E-state index in [0.717, 1.165) is 0 Å². The zero-order valence-corrected chi connectivity index (χ0v) is 16.7. The van der Waals surface area contributed by atoms with Crippen molar-refractivity contribution in [3.8, 4) is 0 Å². The first-order valence-electron chi connectivity index (χ1n) is 8.77. The molecule has 0 N–H and O–H groups in total. The number of ether oxygens (including phenoxy) is 2. The second kappa shape index (κ2) is 7.42. The van der Waals surface area contributed by atoms with Gasteiger partial charge in [0.15, 0.2) is 0 Å². The quantitative estimate of drug-likeness (QED) is 0.627. The van der Waals surface area contributed by atoms with E-state index in [1.807, 2.05) is 0 Å². The SMILES string of the molecule is [2H]C([2H])([2H])OC[C@H]1C[C@H](n2nc(Br)c([N+]#[C-])c2Br)CN1C(=O)OC(C)(C)C. The maximum absolute atomic E-state index is 12.6. The largest absolute Gasteiger partial charge is 0.444 e. The minimum atomic E-state index is -2.55. The van der Waals surface area contributed by atoms with Gasteiger partial charge in [0, 0.05) is 13.6 Å².